The molecule has 8 heteroatoms. The van der Waals surface area contributed by atoms with Crippen LogP contribution < -0.4 is 0 Å². The maximum Gasteiger partial charge on any atom is 0.345 e. The molecule has 1 amide bonds. The zero-order valence-corrected chi connectivity index (χ0v) is 14.7. The van der Waals surface area contributed by atoms with E-state index in [4.69, 9.17) is 4.74 Å². The van der Waals surface area contributed by atoms with Gasteiger partial charge in [-0.1, -0.05) is 0 Å². The Kier molecular flexibility index (Phi) is 4.24. The average molecular weight is 376 g/mol. The molecule has 0 unspecified atom stereocenters. The number of halogens is 1. The molecule has 1 fully saturated rings. The molecule has 1 N–H and O–H groups in total. The summed E-state index contributed by atoms with van der Waals surface area (Å²) in [7, 11) is 0. The first-order valence-electron chi connectivity index (χ1n) is 8.39. The molecule has 2 aliphatic rings. The van der Waals surface area contributed by atoms with E-state index in [1.807, 2.05) is 0 Å². The van der Waals surface area contributed by atoms with Gasteiger partial charge < -0.3 is 14.7 Å². The molecule has 0 aromatic carbocycles. The molecule has 4 rings (SSSR count). The minimum Gasteiger partial charge on any atom is -0.477 e. The highest BCUT2D eigenvalue weighted by Gasteiger charge is 2.43. The van der Waals surface area contributed by atoms with Gasteiger partial charge in [0.2, 0.25) is 0 Å². The predicted octanol–water partition coefficient (Wildman–Crippen LogP) is 2.68. The van der Waals surface area contributed by atoms with Crippen LogP contribution in [0.4, 0.5) is 4.39 Å². The number of hydrogen-bond acceptors (Lipinski definition) is 5. The van der Waals surface area contributed by atoms with Gasteiger partial charge in [0.25, 0.3) is 5.91 Å². The fourth-order valence-corrected chi connectivity index (χ4v) is 4.93. The van der Waals surface area contributed by atoms with Gasteiger partial charge in [-0.15, -0.1) is 11.3 Å². The van der Waals surface area contributed by atoms with Gasteiger partial charge in [0, 0.05) is 24.2 Å². The van der Waals surface area contributed by atoms with Crippen molar-refractivity contribution in [2.24, 2.45) is 0 Å². The maximum atomic E-state index is 13.3. The van der Waals surface area contributed by atoms with E-state index >= 15 is 0 Å². The van der Waals surface area contributed by atoms with E-state index in [2.05, 4.69) is 4.98 Å². The minimum atomic E-state index is -0.925. The molecule has 1 spiro atoms. The number of aromatic nitrogens is 1. The van der Waals surface area contributed by atoms with Crippen LogP contribution in [0.3, 0.4) is 0 Å². The van der Waals surface area contributed by atoms with Crippen LogP contribution in [-0.2, 0) is 16.8 Å². The lowest BCUT2D eigenvalue weighted by atomic mass is 9.85. The van der Waals surface area contributed by atoms with Gasteiger partial charge in [0.1, 0.15) is 16.3 Å². The molecular formula is C18H17FN2O4S. The standard InChI is InChI=1S/C18H17FN2O4S/c19-13-7-12(9-20-10-13)16(22)21-4-2-18(3-5-21)15-11(1-6-25-18)8-14(26-15)17(23)24/h7-10H,1-6H2,(H,23,24). The van der Waals surface area contributed by atoms with Crippen molar-refractivity contribution in [3.05, 3.63) is 51.2 Å². The van der Waals surface area contributed by atoms with E-state index in [1.165, 1.54) is 23.6 Å². The third kappa shape index (κ3) is 2.89. The summed E-state index contributed by atoms with van der Waals surface area (Å²) in [5, 5.41) is 9.26. The summed E-state index contributed by atoms with van der Waals surface area (Å²) in [6.07, 6.45) is 4.32. The smallest absolute Gasteiger partial charge is 0.345 e. The second-order valence-corrected chi connectivity index (χ2v) is 7.60. The summed E-state index contributed by atoms with van der Waals surface area (Å²) >= 11 is 1.27. The number of ether oxygens (including phenoxy) is 1. The Hall–Kier alpha value is -2.32. The number of carbonyl (C=O) groups excluding carboxylic acids is 1. The number of fused-ring (bicyclic) bond motifs is 2. The maximum absolute atomic E-state index is 13.3. The molecule has 0 atom stereocenters. The number of hydrogen-bond donors (Lipinski definition) is 1. The molecule has 0 saturated carbocycles. The summed E-state index contributed by atoms with van der Waals surface area (Å²) in [5.74, 6) is -1.71. The normalized spacial score (nSPS) is 18.6. The number of likely N-dealkylation sites (tertiary alicyclic amines) is 1. The first kappa shape index (κ1) is 17.1. The van der Waals surface area contributed by atoms with Crippen molar-refractivity contribution in [1.29, 1.82) is 0 Å². The lowest BCUT2D eigenvalue weighted by Crippen LogP contribution is -2.47. The van der Waals surface area contributed by atoms with Crippen LogP contribution in [0.2, 0.25) is 0 Å². The topological polar surface area (TPSA) is 79.7 Å². The Labute approximate surface area is 153 Å². The van der Waals surface area contributed by atoms with Crippen LogP contribution in [0, 0.1) is 5.82 Å². The number of carbonyl (C=O) groups is 2. The van der Waals surface area contributed by atoms with Crippen molar-refractivity contribution in [2.45, 2.75) is 24.9 Å². The number of pyridine rings is 1. The van der Waals surface area contributed by atoms with Crippen LogP contribution in [0.15, 0.2) is 24.5 Å². The SMILES string of the molecule is O=C(O)c1cc2c(s1)C1(CCN(C(=O)c3cncc(F)c3)CC1)OCC2. The number of nitrogens with zero attached hydrogens (tertiary/aromatic N) is 2. The number of carboxylic acid groups (broad SMARTS) is 1. The quantitative estimate of drug-likeness (QED) is 0.872. The summed E-state index contributed by atoms with van der Waals surface area (Å²) < 4.78 is 19.4. The highest BCUT2D eigenvalue weighted by molar-refractivity contribution is 7.14. The van der Waals surface area contributed by atoms with Gasteiger partial charge in [-0.05, 0) is 37.0 Å². The third-order valence-corrected chi connectivity index (χ3v) is 6.34. The molecular weight excluding hydrogens is 359 g/mol. The second-order valence-electron chi connectivity index (χ2n) is 6.55. The van der Waals surface area contributed by atoms with Crippen LogP contribution in [0.5, 0.6) is 0 Å². The molecule has 26 heavy (non-hydrogen) atoms. The van der Waals surface area contributed by atoms with Crippen molar-refractivity contribution >= 4 is 23.2 Å². The molecule has 1 saturated heterocycles. The first-order valence-corrected chi connectivity index (χ1v) is 9.20. The molecule has 0 radical (unpaired) electrons. The van der Waals surface area contributed by atoms with Crippen molar-refractivity contribution < 1.29 is 23.8 Å². The lowest BCUT2D eigenvalue weighted by molar-refractivity contribution is -0.0906. The van der Waals surface area contributed by atoms with Crippen molar-refractivity contribution in [3.8, 4) is 0 Å². The molecule has 136 valence electrons. The van der Waals surface area contributed by atoms with Crippen molar-refractivity contribution in [1.82, 2.24) is 9.88 Å². The lowest BCUT2D eigenvalue weighted by Gasteiger charge is -2.43. The molecule has 0 bridgehead atoms. The number of aromatic carboxylic acids is 1. The Morgan fingerprint density at radius 2 is 2.04 bits per heavy atom. The summed E-state index contributed by atoms with van der Waals surface area (Å²) in [6.45, 7) is 1.48. The Balaban J connectivity index is 1.54. The van der Waals surface area contributed by atoms with E-state index < -0.39 is 17.4 Å². The third-order valence-electron chi connectivity index (χ3n) is 4.99. The molecule has 2 aliphatic heterocycles. The van der Waals surface area contributed by atoms with E-state index in [9.17, 15) is 19.1 Å². The summed E-state index contributed by atoms with van der Waals surface area (Å²) in [6, 6.07) is 2.93. The number of carboxylic acids is 1. The number of amides is 1. The van der Waals surface area contributed by atoms with Crippen molar-refractivity contribution in [3.63, 3.8) is 0 Å². The monoisotopic (exact) mass is 376 g/mol. The van der Waals surface area contributed by atoms with Crippen molar-refractivity contribution in [2.75, 3.05) is 19.7 Å². The largest absolute Gasteiger partial charge is 0.477 e. The fraction of sp³-hybridized carbons (Fsp3) is 0.389. The zero-order valence-electron chi connectivity index (χ0n) is 13.9. The number of rotatable bonds is 2. The Bertz CT molecular complexity index is 874. The van der Waals surface area contributed by atoms with Gasteiger partial charge >= 0.3 is 5.97 Å². The summed E-state index contributed by atoms with van der Waals surface area (Å²) in [5.41, 5.74) is 0.742. The molecule has 2 aromatic rings. The van der Waals surface area contributed by atoms with Gasteiger partial charge in [0.05, 0.1) is 18.4 Å². The van der Waals surface area contributed by atoms with Crippen LogP contribution in [0.25, 0.3) is 0 Å². The highest BCUT2D eigenvalue weighted by atomic mass is 32.1. The van der Waals surface area contributed by atoms with E-state index in [0.29, 0.717) is 43.8 Å². The molecule has 2 aromatic heterocycles. The van der Waals surface area contributed by atoms with Gasteiger partial charge in [0.15, 0.2) is 0 Å². The zero-order chi connectivity index (χ0) is 18.3. The van der Waals surface area contributed by atoms with Crippen LogP contribution in [0.1, 0.15) is 43.3 Å². The number of thiophene rings is 1. The van der Waals surface area contributed by atoms with E-state index in [-0.39, 0.29) is 11.5 Å². The average Bonchev–Trinajstić information content (AvgIpc) is 3.08. The molecule has 4 heterocycles. The van der Waals surface area contributed by atoms with Gasteiger partial charge in [-0.2, -0.15) is 0 Å². The van der Waals surface area contributed by atoms with E-state index in [0.717, 1.165) is 16.6 Å². The Morgan fingerprint density at radius 1 is 1.27 bits per heavy atom. The van der Waals surface area contributed by atoms with Gasteiger partial charge in [-0.3, -0.25) is 9.78 Å². The van der Waals surface area contributed by atoms with E-state index in [1.54, 1.807) is 11.0 Å². The predicted molar refractivity (Wildman–Crippen MR) is 91.9 cm³/mol. The van der Waals surface area contributed by atoms with Crippen LogP contribution in [-0.4, -0.2) is 46.6 Å². The first-order chi connectivity index (χ1) is 12.5. The van der Waals surface area contributed by atoms with Crippen LogP contribution >= 0.6 is 11.3 Å². The minimum absolute atomic E-state index is 0.232. The summed E-state index contributed by atoms with van der Waals surface area (Å²) in [4.78, 5) is 30.6. The Morgan fingerprint density at radius 3 is 2.73 bits per heavy atom. The number of piperidine rings is 1. The second kappa shape index (κ2) is 6.44. The highest BCUT2D eigenvalue weighted by Crippen LogP contribution is 2.45. The molecule has 0 aliphatic carbocycles. The van der Waals surface area contributed by atoms with Gasteiger partial charge in [-0.25, -0.2) is 9.18 Å². The molecule has 6 nitrogen and oxygen atoms in total. The fourth-order valence-electron chi connectivity index (χ4n) is 3.68.